The molecular weight excluding hydrogens is 508 g/mol. The number of hydrogen-bond acceptors (Lipinski definition) is 3. The third kappa shape index (κ3) is 6.98. The fraction of sp³-hybridized carbons (Fsp3) is 0.273. The van der Waals surface area contributed by atoms with Crippen molar-refractivity contribution >= 4 is 34.2 Å². The number of rotatable bonds is 10. The van der Waals surface area contributed by atoms with E-state index in [1.165, 1.54) is 0 Å². The van der Waals surface area contributed by atoms with Crippen LogP contribution in [0, 0.1) is 0 Å². The van der Waals surface area contributed by atoms with E-state index in [0.717, 1.165) is 47.6 Å². The molecule has 0 saturated heterocycles. The van der Waals surface area contributed by atoms with Crippen LogP contribution in [0.3, 0.4) is 0 Å². The molecule has 1 fully saturated rings. The van der Waals surface area contributed by atoms with Crippen molar-refractivity contribution in [1.29, 1.82) is 0 Å². The summed E-state index contributed by atoms with van der Waals surface area (Å²) >= 11 is 6.28. The van der Waals surface area contributed by atoms with E-state index >= 15 is 0 Å². The van der Waals surface area contributed by atoms with Crippen molar-refractivity contribution < 1.29 is 14.3 Å². The first-order chi connectivity index (χ1) is 19.1. The lowest BCUT2D eigenvalue weighted by Gasteiger charge is -2.32. The van der Waals surface area contributed by atoms with Gasteiger partial charge >= 0.3 is 0 Å². The van der Waals surface area contributed by atoms with Crippen molar-refractivity contribution in [2.24, 2.45) is 0 Å². The van der Waals surface area contributed by atoms with Gasteiger partial charge in [0.15, 0.2) is 6.61 Å². The van der Waals surface area contributed by atoms with Crippen LogP contribution in [0.2, 0.25) is 5.02 Å². The summed E-state index contributed by atoms with van der Waals surface area (Å²) < 4.78 is 6.09. The summed E-state index contributed by atoms with van der Waals surface area (Å²) in [4.78, 5) is 29.3. The van der Waals surface area contributed by atoms with Gasteiger partial charge in [0.25, 0.3) is 5.91 Å². The summed E-state index contributed by atoms with van der Waals surface area (Å²) in [5, 5.41) is 5.79. The van der Waals surface area contributed by atoms with Crippen LogP contribution in [-0.4, -0.2) is 35.4 Å². The lowest BCUT2D eigenvalue weighted by molar-refractivity contribution is -0.143. The monoisotopic (exact) mass is 540 g/mol. The standard InChI is InChI=1S/C33H33ClN2O3/c34-27-15-8-12-25(20-27)22-36(32(37)23-39-31-19-9-14-26-13-4-7-18-29(26)31)30(21-24-10-2-1-3-11-24)33(38)35-28-16-5-6-17-28/h1-4,7-15,18-20,28,30H,5-6,16-17,21-23H2,(H,35,38)/t30-/m0/s1. The summed E-state index contributed by atoms with van der Waals surface area (Å²) in [6.07, 6.45) is 4.56. The third-order valence-electron chi connectivity index (χ3n) is 7.32. The molecule has 0 heterocycles. The van der Waals surface area contributed by atoms with Crippen LogP contribution < -0.4 is 10.1 Å². The number of nitrogens with zero attached hydrogens (tertiary/aromatic N) is 1. The largest absolute Gasteiger partial charge is 0.483 e. The smallest absolute Gasteiger partial charge is 0.261 e. The number of nitrogens with one attached hydrogen (secondary N) is 1. The predicted octanol–water partition coefficient (Wildman–Crippen LogP) is 6.57. The lowest BCUT2D eigenvalue weighted by Crippen LogP contribution is -2.53. The van der Waals surface area contributed by atoms with Gasteiger partial charge in [-0.25, -0.2) is 0 Å². The summed E-state index contributed by atoms with van der Waals surface area (Å²) in [6.45, 7) is 0.0600. The van der Waals surface area contributed by atoms with Crippen LogP contribution >= 0.6 is 11.6 Å². The molecule has 0 spiro atoms. The van der Waals surface area contributed by atoms with E-state index in [1.54, 1.807) is 11.0 Å². The Balaban J connectivity index is 1.44. The Morgan fingerprint density at radius 1 is 0.872 bits per heavy atom. The molecule has 2 amide bonds. The van der Waals surface area contributed by atoms with Gasteiger partial charge in [0.2, 0.25) is 5.91 Å². The van der Waals surface area contributed by atoms with Gasteiger partial charge < -0.3 is 15.0 Å². The SMILES string of the molecule is O=C(NC1CCCC1)[C@H](Cc1ccccc1)N(Cc1cccc(Cl)c1)C(=O)COc1cccc2ccccc12. The Hall–Kier alpha value is -3.83. The molecular formula is C33H33ClN2O3. The second-order valence-corrected chi connectivity index (χ2v) is 10.5. The van der Waals surface area contributed by atoms with Gasteiger partial charge in [0, 0.05) is 29.4 Å². The van der Waals surface area contributed by atoms with Crippen LogP contribution in [-0.2, 0) is 22.6 Å². The van der Waals surface area contributed by atoms with Gasteiger partial charge in [-0.2, -0.15) is 0 Å². The van der Waals surface area contributed by atoms with Gasteiger partial charge in [0.05, 0.1) is 0 Å². The van der Waals surface area contributed by atoms with E-state index in [0.29, 0.717) is 17.2 Å². The first-order valence-electron chi connectivity index (χ1n) is 13.6. The Kier molecular flexibility index (Phi) is 8.79. The molecule has 0 unspecified atom stereocenters. The summed E-state index contributed by atoms with van der Waals surface area (Å²) in [6, 6.07) is 30.4. The molecule has 6 heteroatoms. The number of carbonyl (C=O) groups excluding carboxylic acids is 2. The second kappa shape index (κ2) is 12.8. The van der Waals surface area contributed by atoms with Gasteiger partial charge in [-0.05, 0) is 47.6 Å². The summed E-state index contributed by atoms with van der Waals surface area (Å²) in [5.74, 6) is 0.246. The highest BCUT2D eigenvalue weighted by molar-refractivity contribution is 6.30. The Morgan fingerprint density at radius 2 is 1.56 bits per heavy atom. The molecule has 1 N–H and O–H groups in total. The van der Waals surface area contributed by atoms with Gasteiger partial charge in [-0.3, -0.25) is 9.59 Å². The van der Waals surface area contributed by atoms with E-state index in [1.807, 2.05) is 91.0 Å². The minimum Gasteiger partial charge on any atom is -0.483 e. The molecule has 200 valence electrons. The van der Waals surface area contributed by atoms with Crippen molar-refractivity contribution in [1.82, 2.24) is 10.2 Å². The molecule has 5 rings (SSSR count). The Bertz CT molecular complexity index is 1410. The van der Waals surface area contributed by atoms with Crippen LogP contribution in [0.5, 0.6) is 5.75 Å². The maximum absolute atomic E-state index is 13.9. The van der Waals surface area contributed by atoms with E-state index in [-0.39, 0.29) is 31.0 Å². The molecule has 0 radical (unpaired) electrons. The third-order valence-corrected chi connectivity index (χ3v) is 7.55. The summed E-state index contributed by atoms with van der Waals surface area (Å²) in [5.41, 5.74) is 1.84. The van der Waals surface area contributed by atoms with Crippen molar-refractivity contribution in [2.45, 2.75) is 50.7 Å². The van der Waals surface area contributed by atoms with Crippen molar-refractivity contribution in [3.63, 3.8) is 0 Å². The zero-order valence-electron chi connectivity index (χ0n) is 21.9. The Labute approximate surface area is 234 Å². The molecule has 1 saturated carbocycles. The minimum atomic E-state index is -0.699. The molecule has 5 nitrogen and oxygen atoms in total. The number of carbonyl (C=O) groups is 2. The number of benzene rings is 4. The molecule has 39 heavy (non-hydrogen) atoms. The fourth-order valence-corrected chi connectivity index (χ4v) is 5.51. The zero-order chi connectivity index (χ0) is 27.0. The number of ether oxygens (including phenoxy) is 1. The molecule has 0 bridgehead atoms. The maximum Gasteiger partial charge on any atom is 0.261 e. The fourth-order valence-electron chi connectivity index (χ4n) is 5.30. The highest BCUT2D eigenvalue weighted by Gasteiger charge is 2.32. The topological polar surface area (TPSA) is 58.6 Å². The average molecular weight is 541 g/mol. The number of fused-ring (bicyclic) bond motifs is 1. The van der Waals surface area contributed by atoms with E-state index in [2.05, 4.69) is 5.32 Å². The van der Waals surface area contributed by atoms with Crippen LogP contribution in [0.25, 0.3) is 10.8 Å². The molecule has 1 aliphatic carbocycles. The van der Waals surface area contributed by atoms with Crippen molar-refractivity contribution in [2.75, 3.05) is 6.61 Å². The number of hydrogen-bond donors (Lipinski definition) is 1. The lowest BCUT2D eigenvalue weighted by atomic mass is 10.0. The molecule has 1 atom stereocenters. The first kappa shape index (κ1) is 26.8. The van der Waals surface area contributed by atoms with Crippen LogP contribution in [0.1, 0.15) is 36.8 Å². The van der Waals surface area contributed by atoms with Crippen LogP contribution in [0.15, 0.2) is 97.1 Å². The molecule has 0 aliphatic heterocycles. The molecule has 1 aliphatic rings. The van der Waals surface area contributed by atoms with E-state index in [4.69, 9.17) is 16.3 Å². The normalized spacial score (nSPS) is 14.2. The number of amides is 2. The minimum absolute atomic E-state index is 0.133. The van der Waals surface area contributed by atoms with E-state index < -0.39 is 6.04 Å². The van der Waals surface area contributed by atoms with E-state index in [9.17, 15) is 9.59 Å². The van der Waals surface area contributed by atoms with Gasteiger partial charge in [0.1, 0.15) is 11.8 Å². The average Bonchev–Trinajstić information content (AvgIpc) is 3.47. The number of halogens is 1. The van der Waals surface area contributed by atoms with Crippen molar-refractivity contribution in [3.8, 4) is 5.75 Å². The zero-order valence-corrected chi connectivity index (χ0v) is 22.6. The van der Waals surface area contributed by atoms with Gasteiger partial charge in [-0.15, -0.1) is 0 Å². The van der Waals surface area contributed by atoms with Crippen LogP contribution in [0.4, 0.5) is 0 Å². The highest BCUT2D eigenvalue weighted by Crippen LogP contribution is 2.26. The first-order valence-corrected chi connectivity index (χ1v) is 13.9. The second-order valence-electron chi connectivity index (χ2n) is 10.1. The predicted molar refractivity (Wildman–Crippen MR) is 156 cm³/mol. The van der Waals surface area contributed by atoms with Crippen molar-refractivity contribution in [3.05, 3.63) is 113 Å². The molecule has 0 aromatic heterocycles. The molecule has 4 aromatic rings. The summed E-state index contributed by atoms with van der Waals surface area (Å²) in [7, 11) is 0. The molecule has 4 aromatic carbocycles. The quantitative estimate of drug-likeness (QED) is 0.247. The maximum atomic E-state index is 13.9. The van der Waals surface area contributed by atoms with Gasteiger partial charge in [-0.1, -0.05) is 103 Å². The highest BCUT2D eigenvalue weighted by atomic mass is 35.5. The Morgan fingerprint density at radius 3 is 2.36 bits per heavy atom.